The highest BCUT2D eigenvalue weighted by Gasteiger charge is 2.19. The summed E-state index contributed by atoms with van der Waals surface area (Å²) < 4.78 is 16.7. The van der Waals surface area contributed by atoms with Gasteiger partial charge in [-0.25, -0.2) is 0 Å². The van der Waals surface area contributed by atoms with Gasteiger partial charge in [-0.3, -0.25) is 14.4 Å². The molecule has 0 rings (SSSR count). The minimum absolute atomic E-state index is 0.0781. The summed E-state index contributed by atoms with van der Waals surface area (Å²) >= 11 is 0. The van der Waals surface area contributed by atoms with E-state index in [0.29, 0.717) is 19.3 Å². The summed E-state index contributed by atoms with van der Waals surface area (Å²) in [5.74, 6) is -0.898. The van der Waals surface area contributed by atoms with Crippen LogP contribution in [0.25, 0.3) is 0 Å². The fourth-order valence-corrected chi connectivity index (χ4v) is 6.77. The maximum absolute atomic E-state index is 12.7. The highest BCUT2D eigenvalue weighted by Crippen LogP contribution is 2.15. The largest absolute Gasteiger partial charge is 0.462 e. The quantitative estimate of drug-likeness (QED) is 0.0265. The van der Waals surface area contributed by atoms with Gasteiger partial charge in [0.25, 0.3) is 0 Å². The molecule has 0 aromatic carbocycles. The van der Waals surface area contributed by atoms with E-state index in [2.05, 4.69) is 57.2 Å². The van der Waals surface area contributed by atoms with Gasteiger partial charge in [-0.15, -0.1) is 0 Å². The first-order valence-corrected chi connectivity index (χ1v) is 24.0. The molecule has 6 nitrogen and oxygen atoms in total. The number of unbranched alkanes of at least 4 members (excludes halogenated alkanes) is 26. The van der Waals surface area contributed by atoms with Crippen LogP contribution in [0.5, 0.6) is 0 Å². The number of ether oxygens (including phenoxy) is 3. The van der Waals surface area contributed by atoms with E-state index in [9.17, 15) is 14.4 Å². The second-order valence-corrected chi connectivity index (χ2v) is 16.0. The molecule has 0 heterocycles. The van der Waals surface area contributed by atoms with Crippen molar-refractivity contribution in [2.75, 3.05) is 13.2 Å². The molecule has 56 heavy (non-hydrogen) atoms. The molecule has 0 aliphatic rings. The third-order valence-corrected chi connectivity index (χ3v) is 10.4. The van der Waals surface area contributed by atoms with E-state index in [1.54, 1.807) is 0 Å². The van der Waals surface area contributed by atoms with Crippen LogP contribution in [0.3, 0.4) is 0 Å². The average Bonchev–Trinajstić information content (AvgIpc) is 3.19. The van der Waals surface area contributed by atoms with Crippen LogP contribution in [0, 0.1) is 0 Å². The zero-order valence-corrected chi connectivity index (χ0v) is 37.2. The van der Waals surface area contributed by atoms with Crippen molar-refractivity contribution < 1.29 is 28.6 Å². The first-order chi connectivity index (χ1) is 27.5. The summed E-state index contributed by atoms with van der Waals surface area (Å²) in [6, 6.07) is 0. The number of esters is 3. The smallest absolute Gasteiger partial charge is 0.306 e. The van der Waals surface area contributed by atoms with Crippen molar-refractivity contribution in [3.63, 3.8) is 0 Å². The van der Waals surface area contributed by atoms with Gasteiger partial charge in [0, 0.05) is 19.3 Å². The van der Waals surface area contributed by atoms with Crippen LogP contribution in [0.2, 0.25) is 0 Å². The fraction of sp³-hybridized carbons (Fsp3) is 0.820. The summed E-state index contributed by atoms with van der Waals surface area (Å²) in [6.07, 6.45) is 51.2. The molecular formula is C50H90O6. The molecule has 0 aliphatic heterocycles. The third-order valence-electron chi connectivity index (χ3n) is 10.4. The molecule has 0 spiro atoms. The lowest BCUT2D eigenvalue weighted by Crippen LogP contribution is -2.30. The summed E-state index contributed by atoms with van der Waals surface area (Å²) in [5, 5.41) is 0. The van der Waals surface area contributed by atoms with Gasteiger partial charge in [0.05, 0.1) is 0 Å². The minimum Gasteiger partial charge on any atom is -0.462 e. The Morgan fingerprint density at radius 2 is 0.696 bits per heavy atom. The van der Waals surface area contributed by atoms with Crippen molar-refractivity contribution in [3.05, 3.63) is 36.5 Å². The van der Waals surface area contributed by atoms with Crippen LogP contribution in [-0.4, -0.2) is 37.2 Å². The zero-order valence-electron chi connectivity index (χ0n) is 37.2. The number of allylic oxidation sites excluding steroid dienone is 6. The molecule has 0 saturated carbocycles. The number of carbonyl (C=O) groups excluding carboxylic acids is 3. The zero-order chi connectivity index (χ0) is 40.8. The van der Waals surface area contributed by atoms with Crippen molar-refractivity contribution in [1.29, 1.82) is 0 Å². The lowest BCUT2D eigenvalue weighted by molar-refractivity contribution is -0.167. The van der Waals surface area contributed by atoms with Gasteiger partial charge in [-0.05, 0) is 70.6 Å². The molecule has 6 heteroatoms. The van der Waals surface area contributed by atoms with Crippen LogP contribution in [-0.2, 0) is 28.6 Å². The second kappa shape index (κ2) is 45.3. The minimum atomic E-state index is -0.777. The van der Waals surface area contributed by atoms with Crippen molar-refractivity contribution in [1.82, 2.24) is 0 Å². The van der Waals surface area contributed by atoms with Crippen LogP contribution in [0.1, 0.15) is 245 Å². The van der Waals surface area contributed by atoms with Gasteiger partial charge < -0.3 is 14.2 Å². The highest BCUT2D eigenvalue weighted by atomic mass is 16.6. The Bertz CT molecular complexity index is 953. The number of hydrogen-bond acceptors (Lipinski definition) is 6. The summed E-state index contributed by atoms with van der Waals surface area (Å²) in [4.78, 5) is 37.8. The number of hydrogen-bond donors (Lipinski definition) is 0. The van der Waals surface area contributed by atoms with E-state index in [0.717, 1.165) is 96.3 Å². The Labute approximate surface area is 346 Å². The van der Waals surface area contributed by atoms with Crippen molar-refractivity contribution in [2.45, 2.75) is 252 Å². The van der Waals surface area contributed by atoms with Gasteiger partial charge in [-0.1, -0.05) is 192 Å². The maximum atomic E-state index is 12.7. The molecule has 0 bridgehead atoms. The first-order valence-electron chi connectivity index (χ1n) is 24.0. The lowest BCUT2D eigenvalue weighted by Gasteiger charge is -2.18. The fourth-order valence-electron chi connectivity index (χ4n) is 6.77. The van der Waals surface area contributed by atoms with Gasteiger partial charge >= 0.3 is 17.9 Å². The molecule has 0 aliphatic carbocycles. The van der Waals surface area contributed by atoms with E-state index in [1.807, 2.05) is 0 Å². The third kappa shape index (κ3) is 42.8. The van der Waals surface area contributed by atoms with E-state index < -0.39 is 6.10 Å². The maximum Gasteiger partial charge on any atom is 0.306 e. The standard InChI is InChI=1S/C50H90O6/c1-4-7-10-13-16-19-22-25-26-29-31-34-37-40-43-49(52)55-46-47(56-50(53)44-41-38-35-32-28-24-21-18-15-12-9-6-3)45-54-48(51)42-39-36-33-30-27-23-20-17-14-11-8-5-2/h9,12,17-18,20-21,47H,4-8,10-11,13-16,19,22-46H2,1-3H3/b12-9-,20-17-,21-18-. The summed E-state index contributed by atoms with van der Waals surface area (Å²) in [5.41, 5.74) is 0. The Balaban J connectivity index is 4.37. The molecule has 0 aromatic rings. The van der Waals surface area contributed by atoms with E-state index in [-0.39, 0.29) is 31.1 Å². The molecule has 1 unspecified atom stereocenters. The monoisotopic (exact) mass is 787 g/mol. The molecule has 0 radical (unpaired) electrons. The molecule has 326 valence electrons. The Morgan fingerprint density at radius 1 is 0.375 bits per heavy atom. The summed E-state index contributed by atoms with van der Waals surface area (Å²) in [6.45, 7) is 6.49. The van der Waals surface area contributed by atoms with Gasteiger partial charge in [0.15, 0.2) is 6.10 Å². The molecule has 0 aromatic heterocycles. The van der Waals surface area contributed by atoms with Crippen molar-refractivity contribution in [3.8, 4) is 0 Å². The van der Waals surface area contributed by atoms with Crippen LogP contribution >= 0.6 is 0 Å². The Kier molecular flexibility index (Phi) is 43.4. The highest BCUT2D eigenvalue weighted by molar-refractivity contribution is 5.71. The van der Waals surface area contributed by atoms with Gasteiger partial charge in [0.2, 0.25) is 0 Å². The molecule has 0 fully saturated rings. The normalized spacial score (nSPS) is 12.3. The lowest BCUT2D eigenvalue weighted by atomic mass is 10.0. The van der Waals surface area contributed by atoms with E-state index in [4.69, 9.17) is 14.2 Å². The van der Waals surface area contributed by atoms with Crippen molar-refractivity contribution >= 4 is 17.9 Å². The van der Waals surface area contributed by atoms with Crippen LogP contribution in [0.15, 0.2) is 36.5 Å². The van der Waals surface area contributed by atoms with Crippen LogP contribution < -0.4 is 0 Å². The van der Waals surface area contributed by atoms with E-state index >= 15 is 0 Å². The number of rotatable bonds is 43. The molecule has 0 saturated heterocycles. The molecule has 0 amide bonds. The average molecular weight is 787 g/mol. The SMILES string of the molecule is CC/C=C\C/C=C\CCCCCCCC(=O)OC(COC(=O)CCCCCCC/C=C\CCCCC)COC(=O)CCCCCCCCCCCCCCCC. The van der Waals surface area contributed by atoms with Crippen LogP contribution in [0.4, 0.5) is 0 Å². The molecular weight excluding hydrogens is 697 g/mol. The summed E-state index contributed by atoms with van der Waals surface area (Å²) in [7, 11) is 0. The topological polar surface area (TPSA) is 78.9 Å². The van der Waals surface area contributed by atoms with Gasteiger partial charge in [0.1, 0.15) is 13.2 Å². The predicted molar refractivity (Wildman–Crippen MR) is 238 cm³/mol. The Morgan fingerprint density at radius 3 is 1.12 bits per heavy atom. The second-order valence-electron chi connectivity index (χ2n) is 16.0. The first kappa shape index (κ1) is 53.6. The van der Waals surface area contributed by atoms with Gasteiger partial charge in [-0.2, -0.15) is 0 Å². The molecule has 1 atom stereocenters. The molecule has 0 N–H and O–H groups in total. The number of carbonyl (C=O) groups is 3. The Hall–Kier alpha value is -2.37. The van der Waals surface area contributed by atoms with Crippen molar-refractivity contribution in [2.24, 2.45) is 0 Å². The van der Waals surface area contributed by atoms with E-state index in [1.165, 1.54) is 109 Å². The predicted octanol–water partition coefficient (Wildman–Crippen LogP) is 15.4.